The van der Waals surface area contributed by atoms with E-state index in [0.717, 1.165) is 12.1 Å². The topological polar surface area (TPSA) is 65.2 Å². The van der Waals surface area contributed by atoms with Gasteiger partial charge in [-0.2, -0.15) is 5.53 Å². The predicted octanol–water partition coefficient (Wildman–Crippen LogP) is -1.67. The van der Waals surface area contributed by atoms with Crippen LogP contribution in [0.5, 0.6) is 0 Å². The first-order valence-corrected chi connectivity index (χ1v) is 3.16. The number of hydrogen-bond acceptors (Lipinski definition) is 4. The van der Waals surface area contributed by atoms with Gasteiger partial charge in [-0.15, -0.1) is 0 Å². The maximum Gasteiger partial charge on any atom is 0.270 e. The van der Waals surface area contributed by atoms with Crippen molar-refractivity contribution in [2.24, 2.45) is 0 Å². The molecule has 0 atom stereocenters. The molecule has 0 aliphatic carbocycles. The molecule has 1 amide bonds. The van der Waals surface area contributed by atoms with Crippen molar-refractivity contribution in [3.63, 3.8) is 0 Å². The van der Waals surface area contributed by atoms with Crippen LogP contribution in [0.25, 0.3) is 0 Å². The van der Waals surface area contributed by atoms with E-state index in [1.807, 2.05) is 0 Å². The Morgan fingerprint density at radius 2 is 2.20 bits per heavy atom. The van der Waals surface area contributed by atoms with Crippen LogP contribution in [0.4, 0.5) is 0 Å². The van der Waals surface area contributed by atoms with E-state index in [1.54, 1.807) is 0 Å². The molecular weight excluding hydrogens is 132 g/mol. The third kappa shape index (κ3) is 0.640. The standard InChI is InChI=1S/C5H8N4O/c10-5-4-3(1-2-6-5)7-9-8-4/h7-9H,1-2H2,(H,6,10). The first-order chi connectivity index (χ1) is 4.88. The van der Waals surface area contributed by atoms with Crippen LogP contribution in [0.3, 0.4) is 0 Å². The average molecular weight is 140 g/mol. The number of hydrazine groups is 2. The molecule has 0 spiro atoms. The average Bonchev–Trinajstić information content (AvgIpc) is 2.36. The number of amides is 1. The van der Waals surface area contributed by atoms with Crippen molar-refractivity contribution >= 4 is 5.91 Å². The molecule has 0 aromatic heterocycles. The summed E-state index contributed by atoms with van der Waals surface area (Å²) < 4.78 is 0. The van der Waals surface area contributed by atoms with E-state index in [2.05, 4.69) is 21.7 Å². The fourth-order valence-corrected chi connectivity index (χ4v) is 1.08. The molecule has 2 rings (SSSR count). The molecule has 2 aliphatic heterocycles. The minimum atomic E-state index is -0.0428. The molecule has 0 aromatic carbocycles. The summed E-state index contributed by atoms with van der Waals surface area (Å²) in [5, 5.41) is 2.71. The normalized spacial score (nSPS) is 23.0. The summed E-state index contributed by atoms with van der Waals surface area (Å²) in [7, 11) is 0. The molecule has 0 aromatic rings. The molecule has 0 saturated carbocycles. The van der Waals surface area contributed by atoms with Crippen molar-refractivity contribution in [1.29, 1.82) is 0 Å². The molecule has 5 heteroatoms. The van der Waals surface area contributed by atoms with E-state index in [0.29, 0.717) is 12.2 Å². The highest BCUT2D eigenvalue weighted by atomic mass is 16.2. The first kappa shape index (κ1) is 5.55. The van der Waals surface area contributed by atoms with Gasteiger partial charge in [0.05, 0.1) is 5.70 Å². The third-order valence-corrected chi connectivity index (χ3v) is 1.59. The molecule has 2 heterocycles. The van der Waals surface area contributed by atoms with E-state index in [-0.39, 0.29) is 5.91 Å². The highest BCUT2D eigenvalue weighted by Gasteiger charge is 2.23. The maximum absolute atomic E-state index is 11.0. The van der Waals surface area contributed by atoms with E-state index in [9.17, 15) is 4.79 Å². The Morgan fingerprint density at radius 3 is 3.00 bits per heavy atom. The number of carbonyl (C=O) groups is 1. The third-order valence-electron chi connectivity index (χ3n) is 1.59. The Labute approximate surface area is 57.8 Å². The predicted molar refractivity (Wildman–Crippen MR) is 34.1 cm³/mol. The van der Waals surface area contributed by atoms with E-state index >= 15 is 0 Å². The van der Waals surface area contributed by atoms with Crippen molar-refractivity contribution in [2.45, 2.75) is 6.42 Å². The van der Waals surface area contributed by atoms with E-state index < -0.39 is 0 Å². The van der Waals surface area contributed by atoms with Crippen LogP contribution in [-0.2, 0) is 4.79 Å². The monoisotopic (exact) mass is 140 g/mol. The molecule has 4 N–H and O–H groups in total. The summed E-state index contributed by atoms with van der Waals surface area (Å²) in [5.41, 5.74) is 9.79. The summed E-state index contributed by atoms with van der Waals surface area (Å²) in [6, 6.07) is 0. The fourth-order valence-electron chi connectivity index (χ4n) is 1.08. The smallest absolute Gasteiger partial charge is 0.270 e. The summed E-state index contributed by atoms with van der Waals surface area (Å²) in [6.07, 6.45) is 0.862. The van der Waals surface area contributed by atoms with Crippen LogP contribution in [0.2, 0.25) is 0 Å². The summed E-state index contributed by atoms with van der Waals surface area (Å²) in [4.78, 5) is 11.0. The van der Waals surface area contributed by atoms with Crippen LogP contribution >= 0.6 is 0 Å². The van der Waals surface area contributed by atoms with Crippen molar-refractivity contribution in [2.75, 3.05) is 6.54 Å². The van der Waals surface area contributed by atoms with Gasteiger partial charge in [0.1, 0.15) is 5.70 Å². The van der Waals surface area contributed by atoms with Crippen LogP contribution in [0, 0.1) is 0 Å². The van der Waals surface area contributed by atoms with Crippen LogP contribution in [-0.4, -0.2) is 12.5 Å². The molecule has 2 aliphatic rings. The first-order valence-electron chi connectivity index (χ1n) is 3.16. The highest BCUT2D eigenvalue weighted by molar-refractivity contribution is 5.94. The Bertz CT molecular complexity index is 210. The van der Waals surface area contributed by atoms with Crippen LogP contribution in [0.1, 0.15) is 6.42 Å². The molecular formula is C5H8N4O. The lowest BCUT2D eigenvalue weighted by Gasteiger charge is -2.11. The zero-order valence-corrected chi connectivity index (χ0v) is 5.32. The largest absolute Gasteiger partial charge is 0.350 e. The van der Waals surface area contributed by atoms with Crippen molar-refractivity contribution in [3.05, 3.63) is 11.4 Å². The molecule has 0 unspecified atom stereocenters. The lowest BCUT2D eigenvalue weighted by molar-refractivity contribution is -0.118. The molecule has 5 nitrogen and oxygen atoms in total. The van der Waals surface area contributed by atoms with Gasteiger partial charge in [-0.05, 0) is 0 Å². The van der Waals surface area contributed by atoms with Gasteiger partial charge in [-0.25, -0.2) is 0 Å². The van der Waals surface area contributed by atoms with Crippen molar-refractivity contribution in [1.82, 2.24) is 21.7 Å². The van der Waals surface area contributed by atoms with Gasteiger partial charge in [0, 0.05) is 13.0 Å². The van der Waals surface area contributed by atoms with Crippen LogP contribution < -0.4 is 21.7 Å². The molecule has 54 valence electrons. The molecule has 0 radical (unpaired) electrons. The van der Waals surface area contributed by atoms with E-state index in [4.69, 9.17) is 0 Å². The van der Waals surface area contributed by atoms with E-state index in [1.165, 1.54) is 0 Å². The van der Waals surface area contributed by atoms with Gasteiger partial charge in [0.15, 0.2) is 0 Å². The second-order valence-corrected chi connectivity index (χ2v) is 2.23. The zero-order chi connectivity index (χ0) is 6.97. The van der Waals surface area contributed by atoms with Gasteiger partial charge >= 0.3 is 0 Å². The quantitative estimate of drug-likeness (QED) is 0.325. The highest BCUT2D eigenvalue weighted by Crippen LogP contribution is 2.09. The number of hydrogen-bond donors (Lipinski definition) is 4. The summed E-state index contributed by atoms with van der Waals surface area (Å²) in [5.74, 6) is -0.0428. The maximum atomic E-state index is 11.0. The SMILES string of the molecule is O=C1NCCC2=C1NNN2. The van der Waals surface area contributed by atoms with Gasteiger partial charge in [-0.3, -0.25) is 10.2 Å². The minimum absolute atomic E-state index is 0.0428. The summed E-state index contributed by atoms with van der Waals surface area (Å²) >= 11 is 0. The summed E-state index contributed by atoms with van der Waals surface area (Å²) in [6.45, 7) is 0.716. The zero-order valence-electron chi connectivity index (χ0n) is 5.32. The van der Waals surface area contributed by atoms with Crippen molar-refractivity contribution < 1.29 is 4.79 Å². The van der Waals surface area contributed by atoms with Gasteiger partial charge in [0.25, 0.3) is 5.91 Å². The van der Waals surface area contributed by atoms with Gasteiger partial charge < -0.3 is 10.7 Å². The molecule has 0 bridgehead atoms. The van der Waals surface area contributed by atoms with Crippen molar-refractivity contribution in [3.8, 4) is 0 Å². The number of rotatable bonds is 0. The second-order valence-electron chi connectivity index (χ2n) is 2.23. The fraction of sp³-hybridized carbons (Fsp3) is 0.400. The number of nitrogens with one attached hydrogen (secondary N) is 4. The second kappa shape index (κ2) is 1.88. The Kier molecular flexibility index (Phi) is 1.04. The number of carbonyl (C=O) groups excluding carboxylic acids is 1. The lowest BCUT2D eigenvalue weighted by atomic mass is 10.2. The molecule has 0 fully saturated rings. The lowest BCUT2D eigenvalue weighted by Crippen LogP contribution is -2.36. The molecule has 10 heavy (non-hydrogen) atoms. The Balaban J connectivity index is 2.31. The van der Waals surface area contributed by atoms with Gasteiger partial charge in [0.2, 0.25) is 0 Å². The van der Waals surface area contributed by atoms with Crippen LogP contribution in [0.15, 0.2) is 11.4 Å². The molecule has 0 saturated heterocycles. The Hall–Kier alpha value is -1.23. The minimum Gasteiger partial charge on any atom is -0.350 e. The Morgan fingerprint density at radius 1 is 1.30 bits per heavy atom. The van der Waals surface area contributed by atoms with Gasteiger partial charge in [-0.1, -0.05) is 0 Å².